The molecule has 176 valence electrons. The molecule has 5 rings (SSSR count). The normalized spacial score (nSPS) is 17.4. The Morgan fingerprint density at radius 2 is 1.85 bits per heavy atom. The van der Waals surface area contributed by atoms with E-state index in [0.717, 1.165) is 37.2 Å². The Kier molecular flexibility index (Phi) is 6.33. The van der Waals surface area contributed by atoms with Crippen LogP contribution in [0.25, 0.3) is 0 Å². The maximum Gasteiger partial charge on any atom is 0.257 e. The largest absolute Gasteiger partial charge is 0.348 e. The first kappa shape index (κ1) is 22.5. The Bertz CT molecular complexity index is 1250. The minimum Gasteiger partial charge on any atom is -0.348 e. The zero-order valence-electron chi connectivity index (χ0n) is 20.0. The van der Waals surface area contributed by atoms with E-state index in [1.165, 1.54) is 16.7 Å². The van der Waals surface area contributed by atoms with E-state index in [9.17, 15) is 9.59 Å². The van der Waals surface area contributed by atoms with Crippen molar-refractivity contribution in [3.8, 4) is 0 Å². The van der Waals surface area contributed by atoms with Crippen molar-refractivity contribution in [2.75, 3.05) is 6.54 Å². The molecule has 3 aromatic rings. The number of aromatic nitrogens is 2. The van der Waals surface area contributed by atoms with Gasteiger partial charge in [-0.05, 0) is 36.0 Å². The third kappa shape index (κ3) is 4.55. The second-order valence-electron chi connectivity index (χ2n) is 9.75. The molecule has 6 heteroatoms. The molecule has 0 saturated heterocycles. The summed E-state index contributed by atoms with van der Waals surface area (Å²) in [5.74, 6) is 0.601. The summed E-state index contributed by atoms with van der Waals surface area (Å²) < 4.78 is 1.60. The Hall–Kier alpha value is -3.25. The monoisotopic (exact) mass is 456 g/mol. The zero-order valence-corrected chi connectivity index (χ0v) is 20.0. The van der Waals surface area contributed by atoms with Crippen LogP contribution >= 0.6 is 0 Å². The van der Waals surface area contributed by atoms with E-state index in [0.29, 0.717) is 18.8 Å². The first-order valence-electron chi connectivity index (χ1n) is 12.3. The first-order valence-corrected chi connectivity index (χ1v) is 12.3. The summed E-state index contributed by atoms with van der Waals surface area (Å²) in [5.41, 5.74) is 5.30. The first-order chi connectivity index (χ1) is 16.5. The van der Waals surface area contributed by atoms with E-state index in [2.05, 4.69) is 46.6 Å². The fraction of sp³-hybridized carbons (Fsp3) is 0.393. The summed E-state index contributed by atoms with van der Waals surface area (Å²) in [4.78, 5) is 33.8. The van der Waals surface area contributed by atoms with Gasteiger partial charge < -0.3 is 5.32 Å². The fourth-order valence-corrected chi connectivity index (χ4v) is 5.26. The van der Waals surface area contributed by atoms with Gasteiger partial charge in [0, 0.05) is 31.1 Å². The number of carbonyl (C=O) groups is 1. The summed E-state index contributed by atoms with van der Waals surface area (Å²) in [7, 11) is 0. The van der Waals surface area contributed by atoms with Gasteiger partial charge in [-0.1, -0.05) is 68.4 Å². The summed E-state index contributed by atoms with van der Waals surface area (Å²) in [5, 5.41) is 3.16. The van der Waals surface area contributed by atoms with Gasteiger partial charge in [0.1, 0.15) is 12.4 Å². The Labute approximate surface area is 200 Å². The zero-order chi connectivity index (χ0) is 23.7. The SMILES string of the molecule is CC(C)c1nc2c(c(=O)n1CC(=O)N[C@H]1CCc3ccccc31)CCN(Cc1ccccc1)C2. The molecule has 1 aliphatic heterocycles. The lowest BCUT2D eigenvalue weighted by molar-refractivity contribution is -0.122. The maximum atomic E-state index is 13.5. The van der Waals surface area contributed by atoms with E-state index in [4.69, 9.17) is 4.98 Å². The van der Waals surface area contributed by atoms with Crippen molar-refractivity contribution in [2.45, 2.75) is 64.7 Å². The molecule has 1 aromatic heterocycles. The lowest BCUT2D eigenvalue weighted by Crippen LogP contribution is -2.41. The molecule has 0 fully saturated rings. The van der Waals surface area contributed by atoms with Gasteiger partial charge >= 0.3 is 0 Å². The van der Waals surface area contributed by atoms with Crippen LogP contribution in [0, 0.1) is 0 Å². The third-order valence-electron chi connectivity index (χ3n) is 6.96. The molecule has 0 spiro atoms. The van der Waals surface area contributed by atoms with E-state index in [1.807, 2.05) is 32.0 Å². The van der Waals surface area contributed by atoms with Crippen LogP contribution in [-0.4, -0.2) is 26.9 Å². The van der Waals surface area contributed by atoms with Crippen LogP contribution in [0.2, 0.25) is 0 Å². The number of hydrogen-bond acceptors (Lipinski definition) is 4. The Morgan fingerprint density at radius 3 is 2.65 bits per heavy atom. The summed E-state index contributed by atoms with van der Waals surface area (Å²) in [6, 6.07) is 18.7. The molecule has 1 atom stereocenters. The highest BCUT2D eigenvalue weighted by Gasteiger charge is 2.27. The number of nitrogens with zero attached hydrogens (tertiary/aromatic N) is 3. The molecule has 0 radical (unpaired) electrons. The summed E-state index contributed by atoms with van der Waals surface area (Å²) in [6.07, 6.45) is 2.53. The molecule has 2 heterocycles. The topological polar surface area (TPSA) is 67.2 Å². The van der Waals surface area contributed by atoms with Crippen molar-refractivity contribution < 1.29 is 4.79 Å². The predicted molar refractivity (Wildman–Crippen MR) is 132 cm³/mol. The van der Waals surface area contributed by atoms with Crippen LogP contribution in [0.3, 0.4) is 0 Å². The van der Waals surface area contributed by atoms with Crippen LogP contribution in [0.15, 0.2) is 59.4 Å². The van der Waals surface area contributed by atoms with Crippen molar-refractivity contribution in [1.82, 2.24) is 19.8 Å². The van der Waals surface area contributed by atoms with Crippen LogP contribution in [0.5, 0.6) is 0 Å². The van der Waals surface area contributed by atoms with Crippen molar-refractivity contribution in [3.05, 3.63) is 98.7 Å². The average Bonchev–Trinajstić information content (AvgIpc) is 3.24. The van der Waals surface area contributed by atoms with E-state index in [1.54, 1.807) is 4.57 Å². The Morgan fingerprint density at radius 1 is 1.09 bits per heavy atom. The van der Waals surface area contributed by atoms with Gasteiger partial charge in [-0.2, -0.15) is 0 Å². The van der Waals surface area contributed by atoms with Crippen LogP contribution in [-0.2, 0) is 37.3 Å². The van der Waals surface area contributed by atoms with Crippen LogP contribution in [0.1, 0.15) is 66.0 Å². The minimum atomic E-state index is -0.131. The lowest BCUT2D eigenvalue weighted by Gasteiger charge is -2.29. The van der Waals surface area contributed by atoms with Crippen molar-refractivity contribution in [1.29, 1.82) is 0 Å². The molecule has 2 aliphatic rings. The number of carbonyl (C=O) groups excluding carboxylic acids is 1. The van der Waals surface area contributed by atoms with Gasteiger partial charge in [-0.3, -0.25) is 19.1 Å². The van der Waals surface area contributed by atoms with Crippen molar-refractivity contribution in [2.24, 2.45) is 0 Å². The molecule has 1 aliphatic carbocycles. The van der Waals surface area contributed by atoms with Crippen LogP contribution < -0.4 is 10.9 Å². The molecule has 0 unspecified atom stereocenters. The second-order valence-corrected chi connectivity index (χ2v) is 9.75. The summed E-state index contributed by atoms with van der Waals surface area (Å²) in [6.45, 7) is 6.38. The number of benzene rings is 2. The number of aryl methyl sites for hydroxylation is 1. The lowest BCUT2D eigenvalue weighted by atomic mass is 10.0. The van der Waals surface area contributed by atoms with E-state index in [-0.39, 0.29) is 30.0 Å². The van der Waals surface area contributed by atoms with Gasteiger partial charge in [0.15, 0.2) is 0 Å². The number of rotatable bonds is 6. The molecule has 34 heavy (non-hydrogen) atoms. The minimum absolute atomic E-state index is 0.0129. The molecular formula is C28H32N4O2. The van der Waals surface area contributed by atoms with Gasteiger partial charge in [0.2, 0.25) is 5.91 Å². The molecule has 2 aromatic carbocycles. The maximum absolute atomic E-state index is 13.5. The number of amides is 1. The van der Waals surface area contributed by atoms with Crippen LogP contribution in [0.4, 0.5) is 0 Å². The Balaban J connectivity index is 1.35. The second kappa shape index (κ2) is 9.55. The molecule has 0 saturated carbocycles. The van der Waals surface area contributed by atoms with Gasteiger partial charge in [0.25, 0.3) is 5.56 Å². The quantitative estimate of drug-likeness (QED) is 0.614. The van der Waals surface area contributed by atoms with Crippen molar-refractivity contribution in [3.63, 3.8) is 0 Å². The highest BCUT2D eigenvalue weighted by Crippen LogP contribution is 2.30. The van der Waals surface area contributed by atoms with E-state index < -0.39 is 0 Å². The number of nitrogens with one attached hydrogen (secondary N) is 1. The molecule has 6 nitrogen and oxygen atoms in total. The van der Waals surface area contributed by atoms with Gasteiger partial charge in [-0.25, -0.2) is 4.98 Å². The summed E-state index contributed by atoms with van der Waals surface area (Å²) >= 11 is 0. The molecular weight excluding hydrogens is 424 g/mol. The standard InChI is InChI=1S/C28H32N4O2/c1-19(2)27-30-25-17-31(16-20-8-4-3-5-9-20)15-14-23(25)28(34)32(27)18-26(33)29-24-13-12-21-10-6-7-11-22(21)24/h3-11,19,24H,12-18H2,1-2H3,(H,29,33)/t24-/m0/s1. The van der Waals surface area contributed by atoms with Gasteiger partial charge in [-0.15, -0.1) is 0 Å². The number of fused-ring (bicyclic) bond motifs is 2. The fourth-order valence-electron chi connectivity index (χ4n) is 5.26. The molecule has 1 N–H and O–H groups in total. The highest BCUT2D eigenvalue weighted by atomic mass is 16.2. The smallest absolute Gasteiger partial charge is 0.257 e. The predicted octanol–water partition coefficient (Wildman–Crippen LogP) is 3.73. The highest BCUT2D eigenvalue weighted by molar-refractivity contribution is 5.76. The van der Waals surface area contributed by atoms with Crippen molar-refractivity contribution >= 4 is 5.91 Å². The average molecular weight is 457 g/mol. The number of hydrogen-bond donors (Lipinski definition) is 1. The van der Waals surface area contributed by atoms with E-state index >= 15 is 0 Å². The molecule has 1 amide bonds. The molecule has 0 bridgehead atoms. The third-order valence-corrected chi connectivity index (χ3v) is 6.96. The van der Waals surface area contributed by atoms with Gasteiger partial charge in [0.05, 0.1) is 11.7 Å².